The quantitative estimate of drug-likeness (QED) is 0.681. The van der Waals surface area contributed by atoms with E-state index in [4.69, 9.17) is 13.8 Å². The molecule has 1 aromatic rings. The van der Waals surface area contributed by atoms with Crippen molar-refractivity contribution in [3.8, 4) is 0 Å². The largest absolute Gasteiger partial charge is 0.462 e. The van der Waals surface area contributed by atoms with E-state index in [1.54, 1.807) is 19.9 Å². The summed E-state index contributed by atoms with van der Waals surface area (Å²) in [5.41, 5.74) is 1.66. The molecule has 0 aliphatic carbocycles. The number of carbonyl (C=O) groups excluding carboxylic acids is 1. The predicted octanol–water partition coefficient (Wildman–Crippen LogP) is 3.27. The monoisotopic (exact) mass is 315 g/mol. The van der Waals surface area contributed by atoms with Crippen LogP contribution < -0.4 is 0 Å². The zero-order valence-electron chi connectivity index (χ0n) is 12.9. The lowest BCUT2D eigenvalue weighted by Crippen LogP contribution is -2.29. The number of carbonyl (C=O) groups is 1. The molecular weight excluding hydrogens is 293 g/mol. The molecule has 2 heterocycles. The van der Waals surface area contributed by atoms with E-state index in [1.807, 2.05) is 13.8 Å². The smallest absolute Gasteiger partial charge is 0.339 e. The highest BCUT2D eigenvalue weighted by atomic mass is 31.2. The summed E-state index contributed by atoms with van der Waals surface area (Å²) in [6.07, 6.45) is 0.128. The fourth-order valence-corrected chi connectivity index (χ4v) is 3.99. The first-order valence-electron chi connectivity index (χ1n) is 6.98. The zero-order chi connectivity index (χ0) is 15.7. The van der Waals surface area contributed by atoms with E-state index in [0.29, 0.717) is 36.8 Å². The van der Waals surface area contributed by atoms with Crippen LogP contribution in [0.15, 0.2) is 6.07 Å². The summed E-state index contributed by atoms with van der Waals surface area (Å²) in [6.45, 7) is 8.63. The van der Waals surface area contributed by atoms with Gasteiger partial charge in [-0.05, 0) is 19.9 Å². The van der Waals surface area contributed by atoms with E-state index in [1.165, 1.54) is 0 Å². The van der Waals surface area contributed by atoms with Gasteiger partial charge >= 0.3 is 13.6 Å². The maximum Gasteiger partial charge on any atom is 0.339 e. The number of aromatic nitrogens is 1. The fraction of sp³-hybridized carbons (Fsp3) is 0.643. The SMILES string of the molecule is CCOC(=O)c1cc(CP2(=O)OCC(C)(C)CO2)[nH]c1C. The second-order valence-corrected chi connectivity index (χ2v) is 8.09. The van der Waals surface area contributed by atoms with Gasteiger partial charge in [0.1, 0.15) is 0 Å². The van der Waals surface area contributed by atoms with E-state index in [0.717, 1.165) is 0 Å². The van der Waals surface area contributed by atoms with Crippen molar-refractivity contribution in [3.05, 3.63) is 23.0 Å². The van der Waals surface area contributed by atoms with E-state index < -0.39 is 7.60 Å². The van der Waals surface area contributed by atoms with Crippen LogP contribution in [0, 0.1) is 12.3 Å². The Labute approximate surface area is 124 Å². The average molecular weight is 315 g/mol. The van der Waals surface area contributed by atoms with Crippen LogP contribution in [-0.4, -0.2) is 30.8 Å². The highest BCUT2D eigenvalue weighted by Gasteiger charge is 2.37. The normalized spacial score (nSPS) is 20.2. The molecule has 0 bridgehead atoms. The molecule has 0 aromatic carbocycles. The molecule has 0 saturated carbocycles. The van der Waals surface area contributed by atoms with Crippen LogP contribution in [0.3, 0.4) is 0 Å². The Balaban J connectivity index is 2.09. The van der Waals surface area contributed by atoms with E-state index in [-0.39, 0.29) is 17.5 Å². The molecule has 2 rings (SSSR count). The zero-order valence-corrected chi connectivity index (χ0v) is 13.8. The molecule has 1 aliphatic heterocycles. The highest BCUT2D eigenvalue weighted by Crippen LogP contribution is 2.56. The maximum atomic E-state index is 12.5. The first kappa shape index (κ1) is 16.3. The van der Waals surface area contributed by atoms with Gasteiger partial charge in [0.25, 0.3) is 0 Å². The minimum Gasteiger partial charge on any atom is -0.462 e. The molecule has 21 heavy (non-hydrogen) atoms. The number of aryl methyl sites for hydroxylation is 1. The molecule has 6 nitrogen and oxygen atoms in total. The Bertz CT molecular complexity index is 564. The number of nitrogens with one attached hydrogen (secondary N) is 1. The van der Waals surface area contributed by atoms with Crippen LogP contribution in [0.25, 0.3) is 0 Å². The van der Waals surface area contributed by atoms with E-state index >= 15 is 0 Å². The molecule has 1 N–H and O–H groups in total. The molecule has 7 heteroatoms. The Kier molecular flexibility index (Phi) is 4.61. The maximum absolute atomic E-state index is 12.5. The predicted molar refractivity (Wildman–Crippen MR) is 78.5 cm³/mol. The van der Waals surface area contributed by atoms with Gasteiger partial charge in [0.05, 0.1) is 31.5 Å². The minimum atomic E-state index is -3.15. The van der Waals surface area contributed by atoms with Gasteiger partial charge in [-0.15, -0.1) is 0 Å². The van der Waals surface area contributed by atoms with Crippen LogP contribution >= 0.6 is 7.60 Å². The van der Waals surface area contributed by atoms with Crippen molar-refractivity contribution < 1.29 is 23.1 Å². The second-order valence-electron chi connectivity index (χ2n) is 6.03. The van der Waals surface area contributed by atoms with Crippen LogP contribution in [0.5, 0.6) is 0 Å². The molecule has 1 saturated heterocycles. The number of aromatic amines is 1. The van der Waals surface area contributed by atoms with Gasteiger partial charge in [0.2, 0.25) is 0 Å². The second kappa shape index (κ2) is 5.95. The molecule has 0 atom stereocenters. The molecule has 1 fully saturated rings. The highest BCUT2D eigenvalue weighted by molar-refractivity contribution is 7.53. The Morgan fingerprint density at radius 1 is 1.43 bits per heavy atom. The van der Waals surface area contributed by atoms with Crippen LogP contribution in [-0.2, 0) is 24.5 Å². The Hall–Kier alpha value is -1.10. The number of rotatable bonds is 4. The van der Waals surface area contributed by atoms with Gasteiger partial charge in [-0.3, -0.25) is 4.57 Å². The van der Waals surface area contributed by atoms with E-state index in [9.17, 15) is 9.36 Å². The van der Waals surface area contributed by atoms with Gasteiger partial charge < -0.3 is 18.8 Å². The van der Waals surface area contributed by atoms with Crippen molar-refractivity contribution in [1.82, 2.24) is 4.98 Å². The number of hydrogen-bond donors (Lipinski definition) is 1. The van der Waals surface area contributed by atoms with Crippen molar-refractivity contribution in [3.63, 3.8) is 0 Å². The topological polar surface area (TPSA) is 77.6 Å². The lowest BCUT2D eigenvalue weighted by Gasteiger charge is -2.33. The van der Waals surface area contributed by atoms with Crippen molar-refractivity contribution in [2.75, 3.05) is 19.8 Å². The first-order chi connectivity index (χ1) is 9.75. The third-order valence-electron chi connectivity index (χ3n) is 3.23. The Morgan fingerprint density at radius 3 is 2.62 bits per heavy atom. The fourth-order valence-electron chi connectivity index (χ4n) is 2.06. The summed E-state index contributed by atoms with van der Waals surface area (Å²) in [7, 11) is -3.15. The summed E-state index contributed by atoms with van der Waals surface area (Å²) in [5.74, 6) is -0.387. The summed E-state index contributed by atoms with van der Waals surface area (Å²) < 4.78 is 28.4. The minimum absolute atomic E-state index is 0.128. The third-order valence-corrected chi connectivity index (χ3v) is 5.01. The number of H-pyrrole nitrogens is 1. The Morgan fingerprint density at radius 2 is 2.05 bits per heavy atom. The molecular formula is C14H22NO5P. The standard InChI is InChI=1S/C14H22NO5P/c1-5-18-13(16)12-6-11(15-10(12)2)7-21(17)19-8-14(3,4)9-20-21/h6,15H,5,7-9H2,1-4H3. The molecule has 0 spiro atoms. The molecule has 118 valence electrons. The van der Waals surface area contributed by atoms with Gasteiger partial charge in [-0.1, -0.05) is 13.8 Å². The van der Waals surface area contributed by atoms with E-state index in [2.05, 4.69) is 4.98 Å². The van der Waals surface area contributed by atoms with Gasteiger partial charge in [0.15, 0.2) is 0 Å². The molecule has 1 aromatic heterocycles. The van der Waals surface area contributed by atoms with Crippen molar-refractivity contribution >= 4 is 13.6 Å². The lowest BCUT2D eigenvalue weighted by molar-refractivity contribution is 0.0408. The summed E-state index contributed by atoms with van der Waals surface area (Å²) in [5, 5.41) is 0. The third kappa shape index (κ3) is 3.96. The van der Waals surface area contributed by atoms with Crippen LogP contribution in [0.1, 0.15) is 42.5 Å². The molecule has 0 radical (unpaired) electrons. The van der Waals surface area contributed by atoms with Crippen molar-refractivity contribution in [2.24, 2.45) is 5.41 Å². The van der Waals surface area contributed by atoms with Crippen LogP contribution in [0.4, 0.5) is 0 Å². The van der Waals surface area contributed by atoms with Gasteiger partial charge in [-0.25, -0.2) is 4.79 Å². The van der Waals surface area contributed by atoms with Crippen molar-refractivity contribution in [1.29, 1.82) is 0 Å². The first-order valence-corrected chi connectivity index (χ1v) is 8.71. The number of esters is 1. The van der Waals surface area contributed by atoms with Crippen LogP contribution in [0.2, 0.25) is 0 Å². The lowest BCUT2D eigenvalue weighted by atomic mass is 9.97. The van der Waals surface area contributed by atoms with Gasteiger partial charge in [-0.2, -0.15) is 0 Å². The van der Waals surface area contributed by atoms with Crippen molar-refractivity contribution in [2.45, 2.75) is 33.9 Å². The molecule has 0 unspecified atom stereocenters. The summed E-state index contributed by atoms with van der Waals surface area (Å²) >= 11 is 0. The van der Waals surface area contributed by atoms with Gasteiger partial charge in [0, 0.05) is 16.8 Å². The molecule has 1 aliphatic rings. The number of ether oxygens (including phenoxy) is 1. The average Bonchev–Trinajstić information content (AvgIpc) is 2.75. The number of hydrogen-bond acceptors (Lipinski definition) is 5. The summed E-state index contributed by atoms with van der Waals surface area (Å²) in [6, 6.07) is 1.65. The molecule has 0 amide bonds. The summed E-state index contributed by atoms with van der Waals surface area (Å²) in [4.78, 5) is 14.8.